The summed E-state index contributed by atoms with van der Waals surface area (Å²) in [7, 11) is 1.81. The second-order valence-corrected chi connectivity index (χ2v) is 7.17. The van der Waals surface area contributed by atoms with Gasteiger partial charge in [-0.25, -0.2) is 0 Å². The molecule has 2 heterocycles. The Hall–Kier alpha value is -2.80. The number of fused-ring (bicyclic) bond motifs is 1. The molecule has 3 aromatic rings. The van der Waals surface area contributed by atoms with Gasteiger partial charge in [-0.1, -0.05) is 28.1 Å². The van der Waals surface area contributed by atoms with Gasteiger partial charge in [0.1, 0.15) is 19.0 Å². The standard InChI is InChI=1S/C20H18BrN3O3/c1-12-18(13-3-6-15(21)7-4-13)19(24(2)23-12)22-20(25)14-5-8-16-17(11-14)27-10-9-26-16/h3-8,11H,9-10H2,1-2H3,(H,22,25). The van der Waals surface area contributed by atoms with Gasteiger partial charge in [-0.15, -0.1) is 0 Å². The van der Waals surface area contributed by atoms with E-state index in [9.17, 15) is 4.79 Å². The second kappa shape index (κ2) is 7.08. The monoisotopic (exact) mass is 427 g/mol. The number of aromatic nitrogens is 2. The predicted octanol–water partition coefficient (Wildman–Crippen LogP) is 4.18. The molecule has 1 N–H and O–H groups in total. The van der Waals surface area contributed by atoms with Crippen molar-refractivity contribution < 1.29 is 14.3 Å². The van der Waals surface area contributed by atoms with Gasteiger partial charge in [0.15, 0.2) is 11.5 Å². The zero-order chi connectivity index (χ0) is 19.0. The second-order valence-electron chi connectivity index (χ2n) is 6.25. The maximum absolute atomic E-state index is 12.8. The molecule has 0 radical (unpaired) electrons. The van der Waals surface area contributed by atoms with Crippen LogP contribution in [0.4, 0.5) is 5.82 Å². The van der Waals surface area contributed by atoms with Crippen molar-refractivity contribution in [2.45, 2.75) is 6.92 Å². The van der Waals surface area contributed by atoms with E-state index in [0.29, 0.717) is 36.1 Å². The molecule has 0 aliphatic carbocycles. The largest absolute Gasteiger partial charge is 0.486 e. The van der Waals surface area contributed by atoms with E-state index in [1.165, 1.54) is 0 Å². The van der Waals surface area contributed by atoms with Crippen molar-refractivity contribution in [1.82, 2.24) is 9.78 Å². The molecule has 0 bridgehead atoms. The molecule has 1 aromatic heterocycles. The molecule has 1 aliphatic heterocycles. The minimum Gasteiger partial charge on any atom is -0.486 e. The lowest BCUT2D eigenvalue weighted by molar-refractivity contribution is 0.102. The van der Waals surface area contributed by atoms with Crippen molar-refractivity contribution in [3.63, 3.8) is 0 Å². The van der Waals surface area contributed by atoms with Gasteiger partial charge in [0, 0.05) is 22.6 Å². The molecule has 0 fully saturated rings. The van der Waals surface area contributed by atoms with Crippen molar-refractivity contribution in [1.29, 1.82) is 0 Å². The lowest BCUT2D eigenvalue weighted by Crippen LogP contribution is -2.18. The lowest BCUT2D eigenvalue weighted by Gasteiger charge is -2.18. The zero-order valence-corrected chi connectivity index (χ0v) is 16.5. The summed E-state index contributed by atoms with van der Waals surface area (Å²) in [6.45, 7) is 2.92. The fourth-order valence-electron chi connectivity index (χ4n) is 3.13. The van der Waals surface area contributed by atoms with Crippen LogP contribution in [0.2, 0.25) is 0 Å². The number of benzene rings is 2. The number of rotatable bonds is 3. The highest BCUT2D eigenvalue weighted by molar-refractivity contribution is 9.10. The SMILES string of the molecule is Cc1nn(C)c(NC(=O)c2ccc3c(c2)OCCO3)c1-c1ccc(Br)cc1. The number of halogens is 1. The Morgan fingerprint density at radius 1 is 1.11 bits per heavy atom. The quantitative estimate of drug-likeness (QED) is 0.680. The van der Waals surface area contributed by atoms with Crippen LogP contribution in [0.5, 0.6) is 11.5 Å². The molecular formula is C20H18BrN3O3. The molecule has 2 aromatic carbocycles. The average Bonchev–Trinajstić information content (AvgIpc) is 2.95. The molecule has 0 saturated heterocycles. The number of anilines is 1. The lowest BCUT2D eigenvalue weighted by atomic mass is 10.1. The molecule has 27 heavy (non-hydrogen) atoms. The van der Waals surface area contributed by atoms with Gasteiger partial charge in [0.2, 0.25) is 0 Å². The fraction of sp³-hybridized carbons (Fsp3) is 0.200. The van der Waals surface area contributed by atoms with Gasteiger partial charge in [-0.3, -0.25) is 9.48 Å². The molecule has 0 atom stereocenters. The number of carbonyl (C=O) groups excluding carboxylic acids is 1. The van der Waals surface area contributed by atoms with E-state index < -0.39 is 0 Å². The van der Waals surface area contributed by atoms with Gasteiger partial charge in [-0.05, 0) is 42.8 Å². The maximum Gasteiger partial charge on any atom is 0.256 e. The number of ether oxygens (including phenoxy) is 2. The Morgan fingerprint density at radius 3 is 2.56 bits per heavy atom. The molecule has 0 unspecified atom stereocenters. The predicted molar refractivity (Wildman–Crippen MR) is 106 cm³/mol. The van der Waals surface area contributed by atoms with E-state index in [4.69, 9.17) is 9.47 Å². The minimum absolute atomic E-state index is 0.228. The van der Waals surface area contributed by atoms with E-state index in [0.717, 1.165) is 21.3 Å². The van der Waals surface area contributed by atoms with Crippen LogP contribution in [0.25, 0.3) is 11.1 Å². The van der Waals surface area contributed by atoms with E-state index in [-0.39, 0.29) is 5.91 Å². The van der Waals surface area contributed by atoms with Crippen LogP contribution >= 0.6 is 15.9 Å². The van der Waals surface area contributed by atoms with Crippen molar-refractivity contribution in [3.8, 4) is 22.6 Å². The van der Waals surface area contributed by atoms with Crippen LogP contribution in [-0.4, -0.2) is 28.9 Å². The van der Waals surface area contributed by atoms with Crippen molar-refractivity contribution in [2.75, 3.05) is 18.5 Å². The molecule has 4 rings (SSSR count). The van der Waals surface area contributed by atoms with Crippen LogP contribution in [0, 0.1) is 6.92 Å². The minimum atomic E-state index is -0.228. The zero-order valence-electron chi connectivity index (χ0n) is 15.0. The van der Waals surface area contributed by atoms with E-state index in [1.807, 2.05) is 38.2 Å². The van der Waals surface area contributed by atoms with Crippen molar-refractivity contribution in [3.05, 3.63) is 58.2 Å². The van der Waals surface area contributed by atoms with E-state index >= 15 is 0 Å². The molecule has 1 aliphatic rings. The van der Waals surface area contributed by atoms with Gasteiger partial charge >= 0.3 is 0 Å². The topological polar surface area (TPSA) is 65.4 Å². The summed E-state index contributed by atoms with van der Waals surface area (Å²) in [4.78, 5) is 12.8. The Balaban J connectivity index is 1.66. The highest BCUT2D eigenvalue weighted by Crippen LogP contribution is 2.34. The average molecular weight is 428 g/mol. The van der Waals surface area contributed by atoms with Crippen LogP contribution < -0.4 is 14.8 Å². The van der Waals surface area contributed by atoms with E-state index in [2.05, 4.69) is 26.3 Å². The molecular weight excluding hydrogens is 410 g/mol. The third-order valence-electron chi connectivity index (χ3n) is 4.39. The first kappa shape index (κ1) is 17.6. The Labute approximate surface area is 165 Å². The molecule has 0 saturated carbocycles. The highest BCUT2D eigenvalue weighted by atomic mass is 79.9. The van der Waals surface area contributed by atoms with Crippen molar-refractivity contribution >= 4 is 27.7 Å². The number of nitrogens with one attached hydrogen (secondary N) is 1. The summed E-state index contributed by atoms with van der Waals surface area (Å²) in [6.07, 6.45) is 0. The van der Waals surface area contributed by atoms with Gasteiger partial charge in [-0.2, -0.15) is 5.10 Å². The van der Waals surface area contributed by atoms with Crippen LogP contribution in [0.3, 0.4) is 0 Å². The van der Waals surface area contributed by atoms with Crippen LogP contribution in [-0.2, 0) is 7.05 Å². The molecule has 7 heteroatoms. The summed E-state index contributed by atoms with van der Waals surface area (Å²) >= 11 is 3.45. The molecule has 1 amide bonds. The summed E-state index contributed by atoms with van der Waals surface area (Å²) in [5.74, 6) is 1.66. The van der Waals surface area contributed by atoms with Gasteiger partial charge in [0.05, 0.1) is 5.69 Å². The molecule has 6 nitrogen and oxygen atoms in total. The Bertz CT molecular complexity index is 1010. The molecule has 0 spiro atoms. The first-order valence-corrected chi connectivity index (χ1v) is 9.33. The number of amides is 1. The fourth-order valence-corrected chi connectivity index (χ4v) is 3.39. The van der Waals surface area contributed by atoms with Crippen LogP contribution in [0.15, 0.2) is 46.9 Å². The van der Waals surface area contributed by atoms with E-state index in [1.54, 1.807) is 22.9 Å². The summed E-state index contributed by atoms with van der Waals surface area (Å²) in [5.41, 5.74) is 3.23. The number of nitrogens with zero attached hydrogens (tertiary/aromatic N) is 2. The number of carbonyl (C=O) groups is 1. The van der Waals surface area contributed by atoms with Crippen LogP contribution in [0.1, 0.15) is 16.1 Å². The first-order valence-electron chi connectivity index (χ1n) is 8.53. The van der Waals surface area contributed by atoms with Crippen molar-refractivity contribution in [2.24, 2.45) is 7.05 Å². The Morgan fingerprint density at radius 2 is 1.81 bits per heavy atom. The number of hydrogen-bond donors (Lipinski definition) is 1. The Kier molecular flexibility index (Phi) is 4.61. The van der Waals surface area contributed by atoms with Gasteiger partial charge in [0.25, 0.3) is 5.91 Å². The smallest absolute Gasteiger partial charge is 0.256 e. The summed E-state index contributed by atoms with van der Waals surface area (Å²) < 4.78 is 13.8. The highest BCUT2D eigenvalue weighted by Gasteiger charge is 2.20. The normalized spacial score (nSPS) is 12.7. The number of hydrogen-bond acceptors (Lipinski definition) is 4. The maximum atomic E-state index is 12.8. The third-order valence-corrected chi connectivity index (χ3v) is 4.92. The third kappa shape index (κ3) is 3.42. The first-order chi connectivity index (χ1) is 13.0. The number of aryl methyl sites for hydroxylation is 2. The van der Waals surface area contributed by atoms with Gasteiger partial charge < -0.3 is 14.8 Å². The summed E-state index contributed by atoms with van der Waals surface area (Å²) in [5, 5.41) is 7.46. The summed E-state index contributed by atoms with van der Waals surface area (Å²) in [6, 6.07) is 13.1. The molecule has 138 valence electrons.